The second-order valence-corrected chi connectivity index (χ2v) is 10.3. The van der Waals surface area contributed by atoms with E-state index in [0.29, 0.717) is 25.3 Å². The van der Waals surface area contributed by atoms with Crippen molar-refractivity contribution in [3.05, 3.63) is 78.9 Å². The van der Waals surface area contributed by atoms with Gasteiger partial charge < -0.3 is 25.4 Å². The molecule has 0 aliphatic carbocycles. The van der Waals surface area contributed by atoms with Gasteiger partial charge in [0.25, 0.3) is 0 Å². The van der Waals surface area contributed by atoms with Gasteiger partial charge in [-0.25, -0.2) is 15.0 Å². The normalized spacial score (nSPS) is 14.2. The van der Waals surface area contributed by atoms with Crippen LogP contribution >= 0.6 is 0 Å². The van der Waals surface area contributed by atoms with E-state index >= 15 is 0 Å². The molecule has 10 nitrogen and oxygen atoms in total. The Morgan fingerprint density at radius 3 is 2.77 bits per heavy atom. The van der Waals surface area contributed by atoms with Gasteiger partial charge in [-0.3, -0.25) is 9.59 Å². The number of fused-ring (bicyclic) bond motifs is 1. The van der Waals surface area contributed by atoms with Gasteiger partial charge in [0.05, 0.1) is 12.1 Å². The predicted octanol–water partition coefficient (Wildman–Crippen LogP) is 3.53. The third-order valence-corrected chi connectivity index (χ3v) is 6.85. The molecule has 2 amide bonds. The summed E-state index contributed by atoms with van der Waals surface area (Å²) in [7, 11) is 3.92. The van der Waals surface area contributed by atoms with Crippen molar-refractivity contribution in [2.45, 2.75) is 25.3 Å². The Morgan fingerprint density at radius 2 is 1.95 bits per heavy atom. The van der Waals surface area contributed by atoms with Gasteiger partial charge in [0.2, 0.25) is 11.8 Å². The Bertz CT molecular complexity index is 1500. The molecule has 1 fully saturated rings. The quantitative estimate of drug-likeness (QED) is 0.279. The number of nitrogens with one attached hydrogen (secondary N) is 3. The van der Waals surface area contributed by atoms with Gasteiger partial charge in [0, 0.05) is 66.8 Å². The number of nitrogens with zero attached hydrogens (tertiary/aromatic N) is 5. The molecule has 1 aromatic carbocycles. The number of hydrogen-bond donors (Lipinski definition) is 3. The van der Waals surface area contributed by atoms with Crippen LogP contribution in [0.5, 0.6) is 0 Å². The number of aromatic amines is 1. The molecule has 1 aliphatic heterocycles. The summed E-state index contributed by atoms with van der Waals surface area (Å²) in [5.74, 6) is 0.665. The van der Waals surface area contributed by atoms with E-state index in [1.165, 1.54) is 6.33 Å². The smallest absolute Gasteiger partial charge is 0.243 e. The van der Waals surface area contributed by atoms with E-state index in [9.17, 15) is 9.59 Å². The molecule has 3 aromatic heterocycles. The fourth-order valence-electron chi connectivity index (χ4n) is 4.75. The Hall–Kier alpha value is -4.57. The van der Waals surface area contributed by atoms with E-state index in [4.69, 9.17) is 0 Å². The van der Waals surface area contributed by atoms with Crippen molar-refractivity contribution in [1.29, 1.82) is 0 Å². The lowest BCUT2D eigenvalue weighted by atomic mass is 10.0. The summed E-state index contributed by atoms with van der Waals surface area (Å²) in [4.78, 5) is 45.4. The lowest BCUT2D eigenvalue weighted by molar-refractivity contribution is -0.131. The monoisotopic (exact) mass is 538 g/mol. The molecule has 10 heteroatoms. The Morgan fingerprint density at radius 1 is 1.10 bits per heavy atom. The molecular formula is C30H34N8O2. The van der Waals surface area contributed by atoms with E-state index in [2.05, 4.69) is 30.6 Å². The van der Waals surface area contributed by atoms with E-state index in [-0.39, 0.29) is 17.9 Å². The number of benzene rings is 1. The number of carbonyl (C=O) groups excluding carboxylic acids is 2. The summed E-state index contributed by atoms with van der Waals surface area (Å²) in [5.41, 5.74) is 4.28. The highest BCUT2D eigenvalue weighted by atomic mass is 16.2. The van der Waals surface area contributed by atoms with Crippen LogP contribution in [0.25, 0.3) is 22.3 Å². The maximum atomic E-state index is 13.0. The second kappa shape index (κ2) is 12.5. The molecule has 0 saturated carbocycles. The van der Waals surface area contributed by atoms with E-state index in [1.807, 2.05) is 78.6 Å². The van der Waals surface area contributed by atoms with Crippen LogP contribution in [-0.4, -0.2) is 81.3 Å². The Labute approximate surface area is 233 Å². The number of likely N-dealkylation sites (tertiary alicyclic amines) is 1. The number of anilines is 2. The van der Waals surface area contributed by atoms with Crippen molar-refractivity contribution in [3.8, 4) is 11.3 Å². The summed E-state index contributed by atoms with van der Waals surface area (Å²) in [6.45, 7) is 1.99. The Kier molecular flexibility index (Phi) is 8.46. The average Bonchev–Trinajstić information content (AvgIpc) is 3.42. The van der Waals surface area contributed by atoms with Crippen LogP contribution < -0.4 is 10.6 Å². The van der Waals surface area contributed by atoms with Crippen molar-refractivity contribution < 1.29 is 9.59 Å². The summed E-state index contributed by atoms with van der Waals surface area (Å²) >= 11 is 0. The summed E-state index contributed by atoms with van der Waals surface area (Å²) < 4.78 is 0. The van der Waals surface area contributed by atoms with Gasteiger partial charge in [-0.2, -0.15) is 0 Å². The van der Waals surface area contributed by atoms with Crippen LogP contribution in [0.4, 0.5) is 11.5 Å². The zero-order valence-electron chi connectivity index (χ0n) is 22.8. The zero-order chi connectivity index (χ0) is 27.9. The molecule has 4 heterocycles. The number of hydrogen-bond acceptors (Lipinski definition) is 7. The predicted molar refractivity (Wildman–Crippen MR) is 156 cm³/mol. The minimum Gasteiger partial charge on any atom is -0.350 e. The molecule has 0 bridgehead atoms. The van der Waals surface area contributed by atoms with Crippen LogP contribution in [0.3, 0.4) is 0 Å². The van der Waals surface area contributed by atoms with Gasteiger partial charge >= 0.3 is 0 Å². The topological polar surface area (TPSA) is 119 Å². The summed E-state index contributed by atoms with van der Waals surface area (Å²) in [6, 6.07) is 13.8. The zero-order valence-corrected chi connectivity index (χ0v) is 22.8. The molecule has 0 radical (unpaired) electrons. The highest BCUT2D eigenvalue weighted by molar-refractivity contribution is 5.87. The standard InChI is InChI=1S/C30H34N8O2/c1-37(2)12-4-7-28(39)36-24-9-13-38(14-10-24)29(40)16-21-5-3-6-25(15-21)35-27-18-26(33-20-34-27)23-17-22-8-11-31-30(22)32-19-23/h3-8,11,15,17-20,24H,9-10,12-14,16H2,1-2H3,(H,31,32)(H,36,39)(H,33,34,35). The summed E-state index contributed by atoms with van der Waals surface area (Å²) in [5, 5.41) is 7.40. The van der Waals surface area contributed by atoms with Crippen LogP contribution in [0.2, 0.25) is 0 Å². The van der Waals surface area contributed by atoms with Gasteiger partial charge in [-0.1, -0.05) is 18.2 Å². The number of carbonyl (C=O) groups is 2. The fraction of sp³-hybridized carbons (Fsp3) is 0.300. The minimum atomic E-state index is -0.0786. The third-order valence-electron chi connectivity index (χ3n) is 6.85. The van der Waals surface area contributed by atoms with E-state index in [0.717, 1.165) is 52.9 Å². The number of H-pyrrole nitrogens is 1. The van der Waals surface area contributed by atoms with Crippen molar-refractivity contribution in [2.75, 3.05) is 39.0 Å². The third kappa shape index (κ3) is 7.09. The molecule has 4 aromatic rings. The minimum absolute atomic E-state index is 0.0786. The van der Waals surface area contributed by atoms with Gasteiger partial charge in [-0.15, -0.1) is 0 Å². The number of pyridine rings is 1. The van der Waals surface area contributed by atoms with Crippen LogP contribution in [0.15, 0.2) is 73.3 Å². The molecule has 1 saturated heterocycles. The largest absolute Gasteiger partial charge is 0.350 e. The van der Waals surface area contributed by atoms with Crippen LogP contribution in [0.1, 0.15) is 18.4 Å². The number of aromatic nitrogens is 4. The van der Waals surface area contributed by atoms with E-state index in [1.54, 1.807) is 12.3 Å². The molecular weight excluding hydrogens is 504 g/mol. The first-order valence-corrected chi connectivity index (χ1v) is 13.4. The maximum absolute atomic E-state index is 13.0. The van der Waals surface area contributed by atoms with E-state index < -0.39 is 0 Å². The Balaban J connectivity index is 1.14. The number of amides is 2. The summed E-state index contributed by atoms with van der Waals surface area (Å²) in [6.07, 6.45) is 10.4. The average molecular weight is 539 g/mol. The highest BCUT2D eigenvalue weighted by Crippen LogP contribution is 2.24. The van der Waals surface area contributed by atoms with Crippen molar-refractivity contribution in [2.24, 2.45) is 0 Å². The first-order valence-electron chi connectivity index (χ1n) is 13.4. The first-order chi connectivity index (χ1) is 19.4. The number of rotatable bonds is 9. The number of likely N-dealkylation sites (N-methyl/N-ethyl adjacent to an activating group) is 1. The van der Waals surface area contributed by atoms with Gasteiger partial charge in [0.1, 0.15) is 17.8 Å². The number of piperidine rings is 1. The van der Waals surface area contributed by atoms with Gasteiger partial charge in [0.15, 0.2) is 0 Å². The molecule has 1 aliphatic rings. The highest BCUT2D eigenvalue weighted by Gasteiger charge is 2.23. The van der Waals surface area contributed by atoms with Crippen LogP contribution in [-0.2, 0) is 16.0 Å². The molecule has 206 valence electrons. The molecule has 0 unspecified atom stereocenters. The molecule has 40 heavy (non-hydrogen) atoms. The molecule has 3 N–H and O–H groups in total. The second-order valence-electron chi connectivity index (χ2n) is 10.3. The van der Waals surface area contributed by atoms with Gasteiger partial charge in [-0.05, 0) is 56.8 Å². The molecule has 0 atom stereocenters. The van der Waals surface area contributed by atoms with Crippen molar-refractivity contribution in [3.63, 3.8) is 0 Å². The fourth-order valence-corrected chi connectivity index (χ4v) is 4.75. The van der Waals surface area contributed by atoms with Crippen molar-refractivity contribution in [1.82, 2.24) is 35.1 Å². The first kappa shape index (κ1) is 27.0. The van der Waals surface area contributed by atoms with Crippen LogP contribution in [0, 0.1) is 0 Å². The SMILES string of the molecule is CN(C)CC=CC(=O)NC1CCN(C(=O)Cc2cccc(Nc3cc(-c4cnc5[nH]ccc5c4)ncn3)c2)CC1. The lowest BCUT2D eigenvalue weighted by Crippen LogP contribution is -2.46. The van der Waals surface area contributed by atoms with Crippen molar-refractivity contribution >= 4 is 34.4 Å². The maximum Gasteiger partial charge on any atom is 0.243 e. The molecule has 5 rings (SSSR count). The molecule has 0 spiro atoms. The lowest BCUT2D eigenvalue weighted by Gasteiger charge is -2.32.